The lowest BCUT2D eigenvalue weighted by molar-refractivity contribution is 0.262. The molecule has 0 spiro atoms. The molecule has 0 heterocycles. The molecule has 0 saturated heterocycles. The third-order valence-corrected chi connectivity index (χ3v) is 2.92. The van der Waals surface area contributed by atoms with E-state index in [2.05, 4.69) is 10.6 Å². The monoisotopic (exact) mass is 285 g/mol. The first kappa shape index (κ1) is 13.9. The first-order valence-electron chi connectivity index (χ1n) is 5.93. The third kappa shape index (κ3) is 3.50. The molecule has 0 saturated carbocycles. The standard InChI is InChI=1S/C15H12ClN3O/c1-10-7-12(16)5-6-14(10)19-15(20)18-13-4-2-3-11(8-13)9-17/h2-8H,1H3,(H2,18,19,20). The molecule has 2 aromatic rings. The van der Waals surface area contributed by atoms with Crippen LogP contribution in [0.2, 0.25) is 5.02 Å². The van der Waals surface area contributed by atoms with Gasteiger partial charge in [-0.1, -0.05) is 17.7 Å². The van der Waals surface area contributed by atoms with Crippen LogP contribution in [0.3, 0.4) is 0 Å². The van der Waals surface area contributed by atoms with Crippen LogP contribution in [0.5, 0.6) is 0 Å². The Bertz CT molecular complexity index is 692. The van der Waals surface area contributed by atoms with Gasteiger partial charge in [0.15, 0.2) is 0 Å². The van der Waals surface area contributed by atoms with E-state index in [1.165, 1.54) is 0 Å². The van der Waals surface area contributed by atoms with Gasteiger partial charge in [0.1, 0.15) is 0 Å². The van der Waals surface area contributed by atoms with E-state index >= 15 is 0 Å². The molecule has 2 aromatic carbocycles. The van der Waals surface area contributed by atoms with Crippen LogP contribution in [-0.2, 0) is 0 Å². The van der Waals surface area contributed by atoms with E-state index < -0.39 is 0 Å². The summed E-state index contributed by atoms with van der Waals surface area (Å²) >= 11 is 5.86. The first-order chi connectivity index (χ1) is 9.58. The minimum Gasteiger partial charge on any atom is -0.308 e. The Kier molecular flexibility index (Phi) is 4.24. The van der Waals surface area contributed by atoms with Gasteiger partial charge in [-0.3, -0.25) is 0 Å². The summed E-state index contributed by atoms with van der Waals surface area (Å²) < 4.78 is 0. The zero-order valence-electron chi connectivity index (χ0n) is 10.8. The summed E-state index contributed by atoms with van der Waals surface area (Å²) in [6.07, 6.45) is 0. The molecular formula is C15H12ClN3O. The summed E-state index contributed by atoms with van der Waals surface area (Å²) in [5.74, 6) is 0. The van der Waals surface area contributed by atoms with Gasteiger partial charge in [0.25, 0.3) is 0 Å². The van der Waals surface area contributed by atoms with Gasteiger partial charge < -0.3 is 10.6 Å². The lowest BCUT2D eigenvalue weighted by atomic mass is 10.2. The van der Waals surface area contributed by atoms with Crippen molar-refractivity contribution in [2.24, 2.45) is 0 Å². The zero-order valence-corrected chi connectivity index (χ0v) is 11.5. The molecule has 2 N–H and O–H groups in total. The molecule has 5 heteroatoms. The Balaban J connectivity index is 2.07. The molecular weight excluding hydrogens is 274 g/mol. The summed E-state index contributed by atoms with van der Waals surface area (Å²) in [4.78, 5) is 11.9. The van der Waals surface area contributed by atoms with Crippen LogP contribution in [0.1, 0.15) is 11.1 Å². The van der Waals surface area contributed by atoms with E-state index in [1.54, 1.807) is 42.5 Å². The number of nitrogens with one attached hydrogen (secondary N) is 2. The van der Waals surface area contributed by atoms with E-state index in [1.807, 2.05) is 13.0 Å². The van der Waals surface area contributed by atoms with Gasteiger partial charge in [-0.25, -0.2) is 4.79 Å². The van der Waals surface area contributed by atoms with Crippen LogP contribution in [0.4, 0.5) is 16.2 Å². The molecule has 0 aliphatic heterocycles. The number of benzene rings is 2. The van der Waals surface area contributed by atoms with E-state index in [9.17, 15) is 4.79 Å². The number of aryl methyl sites for hydroxylation is 1. The molecule has 0 radical (unpaired) electrons. The SMILES string of the molecule is Cc1cc(Cl)ccc1NC(=O)Nc1cccc(C#N)c1. The Morgan fingerprint density at radius 1 is 1.20 bits per heavy atom. The minimum atomic E-state index is -0.370. The quantitative estimate of drug-likeness (QED) is 0.870. The van der Waals surface area contributed by atoms with Crippen LogP contribution in [0, 0.1) is 18.3 Å². The van der Waals surface area contributed by atoms with Crippen molar-refractivity contribution in [2.45, 2.75) is 6.92 Å². The van der Waals surface area contributed by atoms with Crippen LogP contribution in [0.25, 0.3) is 0 Å². The molecule has 0 aromatic heterocycles. The smallest absolute Gasteiger partial charge is 0.308 e. The molecule has 2 rings (SSSR count). The molecule has 100 valence electrons. The highest BCUT2D eigenvalue weighted by atomic mass is 35.5. The van der Waals surface area contributed by atoms with Gasteiger partial charge in [0, 0.05) is 16.4 Å². The second kappa shape index (κ2) is 6.09. The topological polar surface area (TPSA) is 64.9 Å². The number of carbonyl (C=O) groups excluding carboxylic acids is 1. The lowest BCUT2D eigenvalue weighted by Crippen LogP contribution is -2.19. The number of amides is 2. The number of anilines is 2. The van der Waals surface area contributed by atoms with Crippen LogP contribution in [-0.4, -0.2) is 6.03 Å². The van der Waals surface area contributed by atoms with Crippen molar-refractivity contribution in [3.63, 3.8) is 0 Å². The summed E-state index contributed by atoms with van der Waals surface area (Å²) in [5, 5.41) is 14.8. The van der Waals surface area contributed by atoms with E-state index in [4.69, 9.17) is 16.9 Å². The number of urea groups is 1. The molecule has 0 aliphatic carbocycles. The molecule has 0 unspecified atom stereocenters. The third-order valence-electron chi connectivity index (χ3n) is 2.69. The maximum atomic E-state index is 11.9. The highest BCUT2D eigenvalue weighted by Gasteiger charge is 2.05. The molecule has 0 fully saturated rings. The normalized spacial score (nSPS) is 9.65. The van der Waals surface area contributed by atoms with Gasteiger partial charge in [-0.15, -0.1) is 0 Å². The van der Waals surface area contributed by atoms with E-state index in [0.717, 1.165) is 5.56 Å². The maximum absolute atomic E-state index is 11.9. The first-order valence-corrected chi connectivity index (χ1v) is 6.30. The number of carbonyl (C=O) groups is 1. The molecule has 4 nitrogen and oxygen atoms in total. The largest absolute Gasteiger partial charge is 0.323 e. The highest BCUT2D eigenvalue weighted by Crippen LogP contribution is 2.20. The van der Waals surface area contributed by atoms with Gasteiger partial charge in [0.2, 0.25) is 0 Å². The molecule has 0 aliphatic rings. The van der Waals surface area contributed by atoms with Gasteiger partial charge in [0.05, 0.1) is 11.6 Å². The molecule has 2 amide bonds. The Labute approximate surface area is 122 Å². The fraction of sp³-hybridized carbons (Fsp3) is 0.0667. The van der Waals surface area contributed by atoms with Gasteiger partial charge in [-0.05, 0) is 48.9 Å². The van der Waals surface area contributed by atoms with E-state index in [-0.39, 0.29) is 6.03 Å². The van der Waals surface area contributed by atoms with Crippen molar-refractivity contribution in [1.29, 1.82) is 5.26 Å². The van der Waals surface area contributed by atoms with Crippen molar-refractivity contribution in [2.75, 3.05) is 10.6 Å². The predicted molar refractivity (Wildman–Crippen MR) is 80.0 cm³/mol. The number of nitriles is 1. The van der Waals surface area contributed by atoms with Crippen LogP contribution >= 0.6 is 11.6 Å². The zero-order chi connectivity index (χ0) is 14.5. The minimum absolute atomic E-state index is 0.370. The number of nitrogens with zero attached hydrogens (tertiary/aromatic N) is 1. The molecule has 0 atom stereocenters. The summed E-state index contributed by atoms with van der Waals surface area (Å²) in [5.41, 5.74) is 2.61. The summed E-state index contributed by atoms with van der Waals surface area (Å²) in [7, 11) is 0. The predicted octanol–water partition coefficient (Wildman–Crippen LogP) is 4.16. The van der Waals surface area contributed by atoms with Crippen molar-refractivity contribution < 1.29 is 4.79 Å². The van der Waals surface area contributed by atoms with Crippen LogP contribution in [0.15, 0.2) is 42.5 Å². The van der Waals surface area contributed by atoms with Crippen LogP contribution < -0.4 is 10.6 Å². The van der Waals surface area contributed by atoms with Gasteiger partial charge >= 0.3 is 6.03 Å². The fourth-order valence-corrected chi connectivity index (χ4v) is 1.95. The number of hydrogen-bond acceptors (Lipinski definition) is 2. The average molecular weight is 286 g/mol. The fourth-order valence-electron chi connectivity index (χ4n) is 1.72. The number of hydrogen-bond donors (Lipinski definition) is 2. The Morgan fingerprint density at radius 3 is 2.70 bits per heavy atom. The summed E-state index contributed by atoms with van der Waals surface area (Å²) in [6.45, 7) is 1.86. The van der Waals surface area contributed by atoms with Crippen molar-refractivity contribution in [1.82, 2.24) is 0 Å². The Hall–Kier alpha value is -2.51. The lowest BCUT2D eigenvalue weighted by Gasteiger charge is -2.10. The maximum Gasteiger partial charge on any atom is 0.323 e. The van der Waals surface area contributed by atoms with Gasteiger partial charge in [-0.2, -0.15) is 5.26 Å². The Morgan fingerprint density at radius 2 is 2.00 bits per heavy atom. The molecule has 0 bridgehead atoms. The van der Waals surface area contributed by atoms with E-state index in [0.29, 0.717) is 22.0 Å². The van der Waals surface area contributed by atoms with Crippen molar-refractivity contribution in [3.8, 4) is 6.07 Å². The number of rotatable bonds is 2. The highest BCUT2D eigenvalue weighted by molar-refractivity contribution is 6.30. The van der Waals surface area contributed by atoms with Crippen molar-refractivity contribution >= 4 is 29.0 Å². The second-order valence-electron chi connectivity index (χ2n) is 4.23. The summed E-state index contributed by atoms with van der Waals surface area (Å²) in [6, 6.07) is 13.6. The number of halogens is 1. The van der Waals surface area contributed by atoms with Crippen molar-refractivity contribution in [3.05, 3.63) is 58.6 Å². The second-order valence-corrected chi connectivity index (χ2v) is 4.67. The average Bonchev–Trinajstić information content (AvgIpc) is 2.42. The molecule has 20 heavy (non-hydrogen) atoms.